The molecular formula is C19H19BrClN5O. The number of fused-ring (bicyclic) bond motifs is 1. The molecule has 0 atom stereocenters. The van der Waals surface area contributed by atoms with E-state index in [1.54, 1.807) is 17.6 Å². The number of carbonyl (C=O) groups excluding carboxylic acids is 1. The maximum absolute atomic E-state index is 11.5. The lowest BCUT2D eigenvalue weighted by atomic mass is 10.0. The number of benzene rings is 1. The summed E-state index contributed by atoms with van der Waals surface area (Å²) in [5, 5.41) is 8.67. The monoisotopic (exact) mass is 447 g/mol. The number of nitrogens with one attached hydrogen (secondary N) is 1. The van der Waals surface area contributed by atoms with Gasteiger partial charge >= 0.3 is 0 Å². The van der Waals surface area contributed by atoms with E-state index in [0.717, 1.165) is 53.1 Å². The molecular weight excluding hydrogens is 430 g/mol. The lowest BCUT2D eigenvalue weighted by Gasteiger charge is -2.32. The number of aromatic nitrogens is 3. The number of halogens is 2. The van der Waals surface area contributed by atoms with Crippen LogP contribution >= 0.6 is 27.5 Å². The Bertz CT molecular complexity index is 997. The molecule has 0 unspecified atom stereocenters. The Morgan fingerprint density at radius 2 is 2.04 bits per heavy atom. The van der Waals surface area contributed by atoms with Gasteiger partial charge in [0.2, 0.25) is 5.91 Å². The fourth-order valence-electron chi connectivity index (χ4n) is 3.39. The van der Waals surface area contributed by atoms with Gasteiger partial charge < -0.3 is 10.2 Å². The molecule has 3 aromatic rings. The second-order valence-electron chi connectivity index (χ2n) is 6.66. The highest BCUT2D eigenvalue weighted by Gasteiger charge is 2.22. The molecule has 6 nitrogen and oxygen atoms in total. The number of amides is 1. The molecule has 1 fully saturated rings. The Hall–Kier alpha value is -2.12. The predicted molar refractivity (Wildman–Crippen MR) is 110 cm³/mol. The van der Waals surface area contributed by atoms with Gasteiger partial charge in [0.25, 0.3) is 0 Å². The zero-order valence-corrected chi connectivity index (χ0v) is 17.2. The first-order chi connectivity index (χ1) is 13.0. The maximum atomic E-state index is 11.5. The summed E-state index contributed by atoms with van der Waals surface area (Å²) in [6.07, 6.45) is 3.53. The van der Waals surface area contributed by atoms with Gasteiger partial charge in [0.1, 0.15) is 5.82 Å². The van der Waals surface area contributed by atoms with Crippen LogP contribution in [-0.2, 0) is 4.79 Å². The molecule has 1 aliphatic rings. The number of piperidine rings is 1. The van der Waals surface area contributed by atoms with E-state index in [-0.39, 0.29) is 11.9 Å². The zero-order valence-electron chi connectivity index (χ0n) is 14.8. The van der Waals surface area contributed by atoms with Gasteiger partial charge in [-0.05, 0) is 34.8 Å². The van der Waals surface area contributed by atoms with Crippen LogP contribution in [0.1, 0.15) is 19.8 Å². The summed E-state index contributed by atoms with van der Waals surface area (Å²) in [6.45, 7) is 3.15. The first kappa shape index (κ1) is 18.3. The number of hydrogen-bond donors (Lipinski definition) is 1. The van der Waals surface area contributed by atoms with E-state index in [9.17, 15) is 4.79 Å². The van der Waals surface area contributed by atoms with Crippen molar-refractivity contribution in [3.05, 3.63) is 46.0 Å². The second-order valence-corrected chi connectivity index (χ2v) is 7.92. The van der Waals surface area contributed by atoms with E-state index < -0.39 is 0 Å². The fourth-order valence-corrected chi connectivity index (χ4v) is 3.97. The number of hydrogen-bond acceptors (Lipinski definition) is 4. The molecule has 3 heterocycles. The van der Waals surface area contributed by atoms with E-state index in [2.05, 4.69) is 26.3 Å². The summed E-state index contributed by atoms with van der Waals surface area (Å²) < 4.78 is 2.62. The van der Waals surface area contributed by atoms with Crippen LogP contribution in [0.5, 0.6) is 0 Å². The lowest BCUT2D eigenvalue weighted by molar-refractivity contribution is -0.129. The molecule has 0 radical (unpaired) electrons. The molecule has 1 aromatic carbocycles. The van der Waals surface area contributed by atoms with Crippen LogP contribution in [0.15, 0.2) is 41.0 Å². The third kappa shape index (κ3) is 3.66. The minimum Gasteiger partial charge on any atom is -0.367 e. The molecule has 0 aliphatic carbocycles. The number of carbonyl (C=O) groups is 1. The number of anilines is 1. The van der Waals surface area contributed by atoms with E-state index >= 15 is 0 Å². The van der Waals surface area contributed by atoms with E-state index in [1.165, 1.54) is 0 Å². The highest BCUT2D eigenvalue weighted by Crippen LogP contribution is 2.31. The van der Waals surface area contributed by atoms with Crippen LogP contribution in [0.3, 0.4) is 0 Å². The summed E-state index contributed by atoms with van der Waals surface area (Å²) in [7, 11) is 0. The van der Waals surface area contributed by atoms with Crippen LogP contribution in [-0.4, -0.2) is 44.5 Å². The molecule has 0 spiro atoms. The minimum absolute atomic E-state index is 0.136. The highest BCUT2D eigenvalue weighted by atomic mass is 79.9. The van der Waals surface area contributed by atoms with Gasteiger partial charge in [-0.15, -0.1) is 0 Å². The van der Waals surface area contributed by atoms with E-state index in [1.807, 2.05) is 35.2 Å². The Labute approximate surface area is 170 Å². The second kappa shape index (κ2) is 7.48. The van der Waals surface area contributed by atoms with Crippen molar-refractivity contribution in [2.24, 2.45) is 0 Å². The molecule has 0 bridgehead atoms. The SMILES string of the molecule is CC(=O)N1CCC(Nc2cc(-c3ccccc3Cl)nc3c(Br)cnn23)CC1. The van der Waals surface area contributed by atoms with E-state index in [4.69, 9.17) is 16.6 Å². The van der Waals surface area contributed by atoms with Crippen LogP contribution < -0.4 is 5.32 Å². The summed E-state index contributed by atoms with van der Waals surface area (Å²) in [6, 6.07) is 9.92. The molecule has 8 heteroatoms. The van der Waals surface area contributed by atoms with Crippen molar-refractivity contribution in [2.45, 2.75) is 25.8 Å². The lowest BCUT2D eigenvalue weighted by Crippen LogP contribution is -2.41. The van der Waals surface area contributed by atoms with Crippen LogP contribution in [0, 0.1) is 0 Å². The quantitative estimate of drug-likeness (QED) is 0.651. The number of likely N-dealkylation sites (tertiary alicyclic amines) is 1. The van der Waals surface area contributed by atoms with Crippen molar-refractivity contribution >= 4 is 44.9 Å². The van der Waals surface area contributed by atoms with Crippen LogP contribution in [0.2, 0.25) is 5.02 Å². The third-order valence-corrected chi connectivity index (χ3v) is 5.76. The van der Waals surface area contributed by atoms with Crippen molar-refractivity contribution in [3.8, 4) is 11.3 Å². The fraction of sp³-hybridized carbons (Fsp3) is 0.316. The van der Waals surface area contributed by atoms with Gasteiger partial charge in [-0.2, -0.15) is 9.61 Å². The molecule has 4 rings (SSSR count). The van der Waals surface area contributed by atoms with Gasteiger partial charge in [-0.1, -0.05) is 29.8 Å². The van der Waals surface area contributed by atoms with Crippen molar-refractivity contribution in [2.75, 3.05) is 18.4 Å². The van der Waals surface area contributed by atoms with Gasteiger partial charge in [-0.25, -0.2) is 4.98 Å². The predicted octanol–water partition coefficient (Wildman–Crippen LogP) is 4.24. The topological polar surface area (TPSA) is 62.5 Å². The van der Waals surface area contributed by atoms with Crippen LogP contribution in [0.25, 0.3) is 16.9 Å². The van der Waals surface area contributed by atoms with Gasteiger partial charge in [0, 0.05) is 42.7 Å². The Kier molecular flexibility index (Phi) is 5.06. The van der Waals surface area contributed by atoms with Crippen molar-refractivity contribution in [1.29, 1.82) is 0 Å². The maximum Gasteiger partial charge on any atom is 0.219 e. The first-order valence-corrected chi connectivity index (χ1v) is 10.0. The molecule has 2 aromatic heterocycles. The van der Waals surface area contributed by atoms with Gasteiger partial charge in [0.15, 0.2) is 5.65 Å². The zero-order chi connectivity index (χ0) is 19.0. The largest absolute Gasteiger partial charge is 0.367 e. The summed E-state index contributed by atoms with van der Waals surface area (Å²) >= 11 is 9.91. The summed E-state index contributed by atoms with van der Waals surface area (Å²) in [5.74, 6) is 0.999. The average Bonchev–Trinajstić information content (AvgIpc) is 3.04. The highest BCUT2D eigenvalue weighted by molar-refractivity contribution is 9.10. The van der Waals surface area contributed by atoms with Gasteiger partial charge in [0.05, 0.1) is 16.4 Å². The molecule has 1 amide bonds. The molecule has 140 valence electrons. The molecule has 1 saturated heterocycles. The Morgan fingerprint density at radius 1 is 1.30 bits per heavy atom. The first-order valence-electron chi connectivity index (χ1n) is 8.84. The summed E-state index contributed by atoms with van der Waals surface area (Å²) in [5.41, 5.74) is 2.40. The van der Waals surface area contributed by atoms with Crippen LogP contribution in [0.4, 0.5) is 5.82 Å². The Morgan fingerprint density at radius 3 is 2.74 bits per heavy atom. The van der Waals surface area contributed by atoms with E-state index in [0.29, 0.717) is 5.02 Å². The summed E-state index contributed by atoms with van der Waals surface area (Å²) in [4.78, 5) is 18.2. The molecule has 27 heavy (non-hydrogen) atoms. The smallest absolute Gasteiger partial charge is 0.219 e. The normalized spacial score (nSPS) is 15.3. The van der Waals surface area contributed by atoms with Crippen molar-refractivity contribution in [3.63, 3.8) is 0 Å². The molecule has 0 saturated carbocycles. The number of rotatable bonds is 3. The van der Waals surface area contributed by atoms with Crippen molar-refractivity contribution in [1.82, 2.24) is 19.5 Å². The minimum atomic E-state index is 0.136. The molecule has 1 aliphatic heterocycles. The average molecular weight is 449 g/mol. The standard InChI is InChI=1S/C19H19BrClN5O/c1-12(27)25-8-6-13(7-9-25)23-18-10-17(14-4-2-3-5-16(14)21)24-19-15(20)11-22-26(18)19/h2-5,10-11,13,23H,6-9H2,1H3. The van der Waals surface area contributed by atoms with Gasteiger partial charge in [-0.3, -0.25) is 4.79 Å². The van der Waals surface area contributed by atoms with Crippen molar-refractivity contribution < 1.29 is 4.79 Å². The Balaban J connectivity index is 1.68. The third-order valence-electron chi connectivity index (χ3n) is 4.87. The molecule has 1 N–H and O–H groups in total. The number of nitrogens with zero attached hydrogens (tertiary/aromatic N) is 4.